The Bertz CT molecular complexity index is 317. The molecule has 0 fully saturated rings. The van der Waals surface area contributed by atoms with Gasteiger partial charge in [-0.05, 0) is 12.1 Å². The normalized spacial score (nSPS) is 12.4. The summed E-state index contributed by atoms with van der Waals surface area (Å²) in [7, 11) is -0.728. The maximum absolute atomic E-state index is 11.1. The molecule has 0 aliphatic carbocycles. The summed E-state index contributed by atoms with van der Waals surface area (Å²) in [5.74, 6) is 2.57. The van der Waals surface area contributed by atoms with Crippen LogP contribution < -0.4 is 11.1 Å². The Morgan fingerprint density at radius 3 is 3.00 bits per heavy atom. The third-order valence-corrected chi connectivity index (χ3v) is 3.03. The molecule has 1 atom stereocenters. The molecule has 0 saturated carbocycles. The fourth-order valence-electron chi connectivity index (χ4n) is 0.987. The molecular weight excluding hydrogens is 198 g/mol. The van der Waals surface area contributed by atoms with Crippen LogP contribution in [0.5, 0.6) is 0 Å². The van der Waals surface area contributed by atoms with E-state index in [4.69, 9.17) is 5.73 Å². The Hall–Kier alpha value is -1.10. The monoisotopic (exact) mass is 213 g/mol. The highest BCUT2D eigenvalue weighted by Crippen LogP contribution is 2.04. The van der Waals surface area contributed by atoms with Gasteiger partial charge in [-0.15, -0.1) is 0 Å². The first-order valence-corrected chi connectivity index (χ1v) is 6.02. The third-order valence-electron chi connectivity index (χ3n) is 1.73. The molecule has 14 heavy (non-hydrogen) atoms. The fraction of sp³-hybridized carbons (Fsp3) is 0.444. The molecule has 0 bridgehead atoms. The molecule has 3 N–H and O–H groups in total. The predicted octanol–water partition coefficient (Wildman–Crippen LogP) is 0.844. The van der Waals surface area contributed by atoms with E-state index in [1.807, 2.05) is 19.1 Å². The van der Waals surface area contributed by atoms with Crippen LogP contribution in [0.1, 0.15) is 6.92 Å². The van der Waals surface area contributed by atoms with E-state index in [0.717, 1.165) is 5.82 Å². The number of nitrogen functional groups attached to an aromatic ring is 1. The van der Waals surface area contributed by atoms with E-state index in [1.165, 1.54) is 0 Å². The van der Waals surface area contributed by atoms with Gasteiger partial charge < -0.3 is 11.1 Å². The Kier molecular flexibility index (Phi) is 4.39. The first-order chi connectivity index (χ1) is 6.72. The Labute approximate surface area is 86.4 Å². The number of nitrogens with zero attached hydrogens (tertiary/aromatic N) is 1. The minimum absolute atomic E-state index is 0.492. The number of rotatable bonds is 5. The Morgan fingerprint density at radius 1 is 1.57 bits per heavy atom. The number of hydrogen-bond donors (Lipinski definition) is 2. The molecule has 0 radical (unpaired) electrons. The van der Waals surface area contributed by atoms with Crippen LogP contribution in [0, 0.1) is 0 Å². The van der Waals surface area contributed by atoms with Gasteiger partial charge in [-0.2, -0.15) is 0 Å². The molecule has 0 amide bonds. The number of aromatic nitrogens is 1. The highest BCUT2D eigenvalue weighted by Gasteiger charge is 1.96. The average molecular weight is 213 g/mol. The van der Waals surface area contributed by atoms with Crippen LogP contribution in [-0.2, 0) is 10.8 Å². The SMILES string of the molecule is CCS(=O)CCNc1cccc(N)n1. The number of nitrogens with two attached hydrogens (primary N) is 1. The van der Waals surface area contributed by atoms with E-state index < -0.39 is 10.8 Å². The third kappa shape index (κ3) is 3.74. The van der Waals surface area contributed by atoms with Crippen molar-refractivity contribution in [3.63, 3.8) is 0 Å². The van der Waals surface area contributed by atoms with Crippen LogP contribution in [0.2, 0.25) is 0 Å². The van der Waals surface area contributed by atoms with Gasteiger partial charge in [-0.25, -0.2) is 4.98 Å². The van der Waals surface area contributed by atoms with Gasteiger partial charge in [0.05, 0.1) is 0 Å². The van der Waals surface area contributed by atoms with Crippen molar-refractivity contribution in [3.8, 4) is 0 Å². The first kappa shape index (κ1) is 11.0. The molecule has 0 aliphatic heterocycles. The minimum Gasteiger partial charge on any atom is -0.384 e. The maximum atomic E-state index is 11.1. The van der Waals surface area contributed by atoms with Crippen molar-refractivity contribution < 1.29 is 4.21 Å². The Morgan fingerprint density at radius 2 is 2.36 bits per heavy atom. The quantitative estimate of drug-likeness (QED) is 0.760. The van der Waals surface area contributed by atoms with E-state index in [0.29, 0.717) is 23.9 Å². The molecule has 1 rings (SSSR count). The molecule has 0 aromatic carbocycles. The zero-order chi connectivity index (χ0) is 10.4. The molecule has 1 aromatic heterocycles. The lowest BCUT2D eigenvalue weighted by atomic mass is 10.4. The van der Waals surface area contributed by atoms with Gasteiger partial charge in [-0.1, -0.05) is 13.0 Å². The lowest BCUT2D eigenvalue weighted by molar-refractivity contribution is 0.684. The van der Waals surface area contributed by atoms with Crippen LogP contribution in [0.15, 0.2) is 18.2 Å². The topological polar surface area (TPSA) is 68.0 Å². The van der Waals surface area contributed by atoms with Crippen molar-refractivity contribution in [1.29, 1.82) is 0 Å². The minimum atomic E-state index is -0.728. The molecule has 0 spiro atoms. The van der Waals surface area contributed by atoms with Gasteiger partial charge >= 0.3 is 0 Å². The molecule has 0 aliphatic rings. The second-order valence-corrected chi connectivity index (χ2v) is 4.67. The second kappa shape index (κ2) is 5.59. The van der Waals surface area contributed by atoms with Gasteiger partial charge in [-0.3, -0.25) is 4.21 Å². The Balaban J connectivity index is 2.35. The number of nitrogens with one attached hydrogen (secondary N) is 1. The molecule has 1 unspecified atom stereocenters. The van der Waals surface area contributed by atoms with Crippen molar-refractivity contribution in [3.05, 3.63) is 18.2 Å². The van der Waals surface area contributed by atoms with Crippen LogP contribution in [0.25, 0.3) is 0 Å². The lowest BCUT2D eigenvalue weighted by Crippen LogP contribution is -2.12. The molecule has 0 saturated heterocycles. The summed E-state index contributed by atoms with van der Waals surface area (Å²) in [6, 6.07) is 5.40. The molecule has 1 aromatic rings. The van der Waals surface area contributed by atoms with Crippen LogP contribution in [0.4, 0.5) is 11.6 Å². The number of hydrogen-bond acceptors (Lipinski definition) is 4. The van der Waals surface area contributed by atoms with E-state index in [9.17, 15) is 4.21 Å². The van der Waals surface area contributed by atoms with E-state index in [2.05, 4.69) is 10.3 Å². The van der Waals surface area contributed by atoms with Crippen molar-refractivity contribution in [2.45, 2.75) is 6.92 Å². The summed E-state index contributed by atoms with van der Waals surface area (Å²) in [4.78, 5) is 4.06. The molecule has 1 heterocycles. The standard InChI is InChI=1S/C9H15N3OS/c1-2-14(13)7-6-11-9-5-3-4-8(10)12-9/h3-5H,2,6-7H2,1H3,(H3,10,11,12). The van der Waals surface area contributed by atoms with Gasteiger partial charge in [0.25, 0.3) is 0 Å². The van der Waals surface area contributed by atoms with Gasteiger partial charge in [0.15, 0.2) is 0 Å². The zero-order valence-corrected chi connectivity index (χ0v) is 9.01. The summed E-state index contributed by atoms with van der Waals surface area (Å²) >= 11 is 0. The van der Waals surface area contributed by atoms with Crippen LogP contribution >= 0.6 is 0 Å². The van der Waals surface area contributed by atoms with Crippen molar-refractivity contribution >= 4 is 22.4 Å². The summed E-state index contributed by atoms with van der Waals surface area (Å²) in [5, 5.41) is 3.07. The van der Waals surface area contributed by atoms with E-state index in [1.54, 1.807) is 6.07 Å². The smallest absolute Gasteiger partial charge is 0.128 e. The second-order valence-electron chi connectivity index (χ2n) is 2.81. The van der Waals surface area contributed by atoms with Crippen molar-refractivity contribution in [2.24, 2.45) is 0 Å². The van der Waals surface area contributed by atoms with Gasteiger partial charge in [0.1, 0.15) is 11.6 Å². The van der Waals surface area contributed by atoms with Crippen molar-refractivity contribution in [2.75, 3.05) is 29.1 Å². The van der Waals surface area contributed by atoms with Crippen LogP contribution in [-0.4, -0.2) is 27.2 Å². The molecular formula is C9H15N3OS. The molecule has 4 nitrogen and oxygen atoms in total. The number of pyridine rings is 1. The summed E-state index contributed by atoms with van der Waals surface area (Å²) in [6.07, 6.45) is 0. The molecule has 5 heteroatoms. The highest BCUT2D eigenvalue weighted by atomic mass is 32.2. The predicted molar refractivity (Wildman–Crippen MR) is 60.7 cm³/mol. The van der Waals surface area contributed by atoms with Crippen molar-refractivity contribution in [1.82, 2.24) is 4.98 Å². The van der Waals surface area contributed by atoms with Gasteiger partial charge in [0.2, 0.25) is 0 Å². The van der Waals surface area contributed by atoms with Crippen LogP contribution in [0.3, 0.4) is 0 Å². The summed E-state index contributed by atoms with van der Waals surface area (Å²) < 4.78 is 11.1. The van der Waals surface area contributed by atoms with Gasteiger partial charge in [0, 0.05) is 28.9 Å². The van der Waals surface area contributed by atoms with E-state index in [-0.39, 0.29) is 0 Å². The van der Waals surface area contributed by atoms with E-state index >= 15 is 0 Å². The highest BCUT2D eigenvalue weighted by molar-refractivity contribution is 7.84. The summed E-state index contributed by atoms with van der Waals surface area (Å²) in [6.45, 7) is 2.58. The number of anilines is 2. The largest absolute Gasteiger partial charge is 0.384 e. The summed E-state index contributed by atoms with van der Waals surface area (Å²) in [5.41, 5.74) is 5.51. The average Bonchev–Trinajstić information content (AvgIpc) is 2.17. The fourth-order valence-corrected chi connectivity index (χ4v) is 1.61. The molecule has 78 valence electrons. The first-order valence-electron chi connectivity index (χ1n) is 4.53. The zero-order valence-electron chi connectivity index (χ0n) is 8.19. The maximum Gasteiger partial charge on any atom is 0.128 e. The lowest BCUT2D eigenvalue weighted by Gasteiger charge is -2.04.